The Kier molecular flexibility index (Phi) is 6.20. The van der Waals surface area contributed by atoms with E-state index in [1.807, 2.05) is 31.3 Å². The second kappa shape index (κ2) is 9.18. The molecule has 2 aromatic carbocycles. The van der Waals surface area contributed by atoms with Crippen molar-refractivity contribution in [1.29, 1.82) is 0 Å². The molecule has 0 aromatic heterocycles. The first-order valence-corrected chi connectivity index (χ1v) is 10.4. The predicted octanol–water partition coefficient (Wildman–Crippen LogP) is 2.87. The molecular formula is C23H30N4O2. The highest BCUT2D eigenvalue weighted by Crippen LogP contribution is 2.34. The monoisotopic (exact) mass is 394 g/mol. The summed E-state index contributed by atoms with van der Waals surface area (Å²) in [5.41, 5.74) is 2.16. The third-order valence-electron chi connectivity index (χ3n) is 5.88. The van der Waals surface area contributed by atoms with Gasteiger partial charge in [-0.25, -0.2) is 0 Å². The zero-order chi connectivity index (χ0) is 20.1. The SMILES string of the molecule is CN=C(NCC1CCOC1c1ccccc1)N1CCN(c2ccccc2O)CC1. The molecule has 0 aliphatic carbocycles. The molecule has 6 heteroatoms. The summed E-state index contributed by atoms with van der Waals surface area (Å²) in [6.45, 7) is 5.12. The lowest BCUT2D eigenvalue weighted by Gasteiger charge is -2.38. The van der Waals surface area contributed by atoms with Crippen molar-refractivity contribution < 1.29 is 9.84 Å². The summed E-state index contributed by atoms with van der Waals surface area (Å²) in [5.74, 6) is 1.73. The molecule has 6 nitrogen and oxygen atoms in total. The highest BCUT2D eigenvalue weighted by molar-refractivity contribution is 5.80. The first kappa shape index (κ1) is 19.6. The highest BCUT2D eigenvalue weighted by atomic mass is 16.5. The Labute approximate surface area is 172 Å². The Balaban J connectivity index is 1.32. The van der Waals surface area contributed by atoms with Gasteiger partial charge >= 0.3 is 0 Å². The van der Waals surface area contributed by atoms with E-state index in [2.05, 4.69) is 44.4 Å². The summed E-state index contributed by atoms with van der Waals surface area (Å²) in [6, 6.07) is 18.0. The number of aromatic hydroxyl groups is 1. The Morgan fingerprint density at radius 2 is 1.79 bits per heavy atom. The smallest absolute Gasteiger partial charge is 0.193 e. The second-order valence-electron chi connectivity index (χ2n) is 7.64. The van der Waals surface area contributed by atoms with Crippen LogP contribution in [0.4, 0.5) is 5.69 Å². The van der Waals surface area contributed by atoms with Crippen LogP contribution < -0.4 is 10.2 Å². The lowest BCUT2D eigenvalue weighted by molar-refractivity contribution is 0.0913. The van der Waals surface area contributed by atoms with Gasteiger partial charge in [-0.05, 0) is 24.1 Å². The topological polar surface area (TPSA) is 60.3 Å². The number of guanidine groups is 1. The quantitative estimate of drug-likeness (QED) is 0.617. The number of rotatable bonds is 4. The number of hydrogen-bond donors (Lipinski definition) is 2. The van der Waals surface area contributed by atoms with Gasteiger partial charge in [-0.15, -0.1) is 0 Å². The summed E-state index contributed by atoms with van der Waals surface area (Å²) >= 11 is 0. The van der Waals surface area contributed by atoms with Crippen LogP contribution in [0.5, 0.6) is 5.75 Å². The minimum absolute atomic E-state index is 0.153. The van der Waals surface area contributed by atoms with Gasteiger partial charge < -0.3 is 25.0 Å². The molecule has 2 fully saturated rings. The number of nitrogens with zero attached hydrogens (tertiary/aromatic N) is 3. The van der Waals surface area contributed by atoms with Gasteiger partial charge in [0.1, 0.15) is 5.75 Å². The normalized spacial score (nSPS) is 22.7. The largest absolute Gasteiger partial charge is 0.506 e. The van der Waals surface area contributed by atoms with Crippen LogP contribution in [0.1, 0.15) is 18.1 Å². The number of phenols is 1. The van der Waals surface area contributed by atoms with E-state index in [-0.39, 0.29) is 6.10 Å². The maximum atomic E-state index is 10.1. The molecular weight excluding hydrogens is 364 g/mol. The van der Waals surface area contributed by atoms with E-state index in [1.54, 1.807) is 6.07 Å². The molecule has 4 rings (SSSR count). The van der Waals surface area contributed by atoms with E-state index in [1.165, 1.54) is 5.56 Å². The molecule has 2 heterocycles. The Bertz CT molecular complexity index is 819. The number of nitrogens with one attached hydrogen (secondary N) is 1. The lowest BCUT2D eigenvalue weighted by Crippen LogP contribution is -2.53. The molecule has 0 radical (unpaired) electrons. The standard InChI is InChI=1S/C23H30N4O2/c1-24-23(25-17-19-11-16-29-22(19)18-7-3-2-4-8-18)27-14-12-26(13-15-27)20-9-5-6-10-21(20)28/h2-10,19,22,28H,11-17H2,1H3,(H,24,25). The van der Waals surface area contributed by atoms with Gasteiger partial charge in [0.05, 0.1) is 11.8 Å². The first-order valence-electron chi connectivity index (χ1n) is 10.4. The molecule has 2 aliphatic rings. The van der Waals surface area contributed by atoms with Crippen LogP contribution in [-0.2, 0) is 4.74 Å². The fourth-order valence-electron chi connectivity index (χ4n) is 4.30. The van der Waals surface area contributed by atoms with Crippen molar-refractivity contribution in [3.63, 3.8) is 0 Å². The van der Waals surface area contributed by atoms with E-state index in [9.17, 15) is 5.11 Å². The molecule has 2 atom stereocenters. The Morgan fingerprint density at radius 3 is 2.52 bits per heavy atom. The maximum absolute atomic E-state index is 10.1. The molecule has 0 saturated carbocycles. The van der Waals surface area contributed by atoms with Crippen molar-refractivity contribution in [1.82, 2.24) is 10.2 Å². The summed E-state index contributed by atoms with van der Waals surface area (Å²) in [6.07, 6.45) is 1.21. The molecule has 2 saturated heterocycles. The van der Waals surface area contributed by atoms with Crippen molar-refractivity contribution in [2.75, 3.05) is 51.3 Å². The molecule has 29 heavy (non-hydrogen) atoms. The van der Waals surface area contributed by atoms with Gasteiger partial charge in [-0.2, -0.15) is 0 Å². The number of para-hydroxylation sites is 2. The predicted molar refractivity (Wildman–Crippen MR) is 116 cm³/mol. The fourth-order valence-corrected chi connectivity index (χ4v) is 4.30. The molecule has 0 spiro atoms. The van der Waals surface area contributed by atoms with Crippen LogP contribution in [0, 0.1) is 5.92 Å². The molecule has 2 aromatic rings. The van der Waals surface area contributed by atoms with E-state index in [0.29, 0.717) is 11.7 Å². The van der Waals surface area contributed by atoms with Crippen molar-refractivity contribution in [3.8, 4) is 5.75 Å². The maximum Gasteiger partial charge on any atom is 0.193 e. The third kappa shape index (κ3) is 4.48. The van der Waals surface area contributed by atoms with Crippen molar-refractivity contribution >= 4 is 11.6 Å². The van der Waals surface area contributed by atoms with Crippen LogP contribution in [0.15, 0.2) is 59.6 Å². The van der Waals surface area contributed by atoms with E-state index >= 15 is 0 Å². The van der Waals surface area contributed by atoms with Crippen LogP contribution in [0.25, 0.3) is 0 Å². The van der Waals surface area contributed by atoms with Crippen LogP contribution >= 0.6 is 0 Å². The van der Waals surface area contributed by atoms with E-state index in [0.717, 1.165) is 57.4 Å². The zero-order valence-electron chi connectivity index (χ0n) is 17.0. The molecule has 0 bridgehead atoms. The average Bonchev–Trinajstić information content (AvgIpc) is 3.24. The van der Waals surface area contributed by atoms with Crippen LogP contribution in [-0.4, -0.2) is 62.3 Å². The Hall–Kier alpha value is -2.73. The highest BCUT2D eigenvalue weighted by Gasteiger charge is 2.30. The molecule has 2 N–H and O–H groups in total. The molecule has 2 aliphatic heterocycles. The van der Waals surface area contributed by atoms with Gasteiger partial charge in [0, 0.05) is 52.3 Å². The third-order valence-corrected chi connectivity index (χ3v) is 5.88. The molecule has 0 amide bonds. The zero-order valence-corrected chi connectivity index (χ0v) is 17.0. The number of benzene rings is 2. The van der Waals surface area contributed by atoms with Crippen molar-refractivity contribution in [2.45, 2.75) is 12.5 Å². The summed E-state index contributed by atoms with van der Waals surface area (Å²) in [4.78, 5) is 9.04. The van der Waals surface area contributed by atoms with Crippen molar-refractivity contribution in [3.05, 3.63) is 60.2 Å². The van der Waals surface area contributed by atoms with Gasteiger partial charge in [0.2, 0.25) is 0 Å². The number of phenolic OH excluding ortho intramolecular Hbond substituents is 1. The van der Waals surface area contributed by atoms with Crippen LogP contribution in [0.3, 0.4) is 0 Å². The van der Waals surface area contributed by atoms with Gasteiger partial charge in [-0.1, -0.05) is 42.5 Å². The Morgan fingerprint density at radius 1 is 1.07 bits per heavy atom. The number of anilines is 1. The molecule has 154 valence electrons. The average molecular weight is 395 g/mol. The van der Waals surface area contributed by atoms with Gasteiger partial charge in [-0.3, -0.25) is 4.99 Å². The minimum Gasteiger partial charge on any atom is -0.506 e. The van der Waals surface area contributed by atoms with E-state index < -0.39 is 0 Å². The number of hydrogen-bond acceptors (Lipinski definition) is 4. The van der Waals surface area contributed by atoms with Crippen LogP contribution in [0.2, 0.25) is 0 Å². The summed E-state index contributed by atoms with van der Waals surface area (Å²) in [7, 11) is 1.84. The number of ether oxygens (including phenoxy) is 1. The van der Waals surface area contributed by atoms with Gasteiger partial charge in [0.25, 0.3) is 0 Å². The first-order chi connectivity index (χ1) is 14.3. The summed E-state index contributed by atoms with van der Waals surface area (Å²) < 4.78 is 6.01. The fraction of sp³-hybridized carbons (Fsp3) is 0.435. The minimum atomic E-state index is 0.153. The van der Waals surface area contributed by atoms with Crippen molar-refractivity contribution in [2.24, 2.45) is 10.9 Å². The lowest BCUT2D eigenvalue weighted by atomic mass is 9.95. The number of aliphatic imine (C=N–C) groups is 1. The molecule has 2 unspecified atom stereocenters. The number of piperazine rings is 1. The summed E-state index contributed by atoms with van der Waals surface area (Å²) in [5, 5.41) is 13.7. The second-order valence-corrected chi connectivity index (χ2v) is 7.64. The van der Waals surface area contributed by atoms with Gasteiger partial charge in [0.15, 0.2) is 5.96 Å². The van der Waals surface area contributed by atoms with E-state index in [4.69, 9.17) is 4.74 Å².